The number of hydrogen-bond acceptors (Lipinski definition) is 3. The zero-order valence-electron chi connectivity index (χ0n) is 5.40. The topological polar surface area (TPSA) is 47.6 Å². The van der Waals surface area contributed by atoms with Gasteiger partial charge in [-0.1, -0.05) is 6.08 Å². The van der Waals surface area contributed by atoms with Gasteiger partial charge in [0.15, 0.2) is 0 Å². The van der Waals surface area contributed by atoms with Crippen LogP contribution in [-0.2, 0) is 4.74 Å². The first kappa shape index (κ1) is 6.61. The van der Waals surface area contributed by atoms with Crippen molar-refractivity contribution in [2.45, 2.75) is 0 Å². The fourth-order valence-corrected chi connectivity index (χ4v) is 0.564. The molecule has 0 bridgehead atoms. The fourth-order valence-electron chi connectivity index (χ4n) is 0.564. The molecule has 1 aliphatic rings. The zero-order chi connectivity index (χ0) is 7.23. The molecule has 1 heterocycles. The Morgan fingerprint density at radius 3 is 3.00 bits per heavy atom. The molecule has 10 heavy (non-hydrogen) atoms. The summed E-state index contributed by atoms with van der Waals surface area (Å²) in [5.74, 6) is 5.61. The number of rotatable bonds is 1. The molecule has 0 atom stereocenters. The SMILES string of the molecule is NN=CC=C1C=CC=CO1. The van der Waals surface area contributed by atoms with Gasteiger partial charge in [-0.2, -0.15) is 5.10 Å². The van der Waals surface area contributed by atoms with E-state index >= 15 is 0 Å². The highest BCUT2D eigenvalue weighted by molar-refractivity contribution is 5.72. The Hall–Kier alpha value is -1.51. The lowest BCUT2D eigenvalue weighted by molar-refractivity contribution is 0.365. The lowest BCUT2D eigenvalue weighted by Gasteiger charge is -2.01. The van der Waals surface area contributed by atoms with Crippen molar-refractivity contribution < 1.29 is 4.74 Å². The van der Waals surface area contributed by atoms with Crippen molar-refractivity contribution in [3.63, 3.8) is 0 Å². The van der Waals surface area contributed by atoms with Gasteiger partial charge < -0.3 is 10.6 Å². The van der Waals surface area contributed by atoms with Gasteiger partial charge in [-0.15, -0.1) is 0 Å². The van der Waals surface area contributed by atoms with Gasteiger partial charge in [0.05, 0.1) is 12.5 Å². The van der Waals surface area contributed by atoms with Crippen LogP contribution >= 0.6 is 0 Å². The van der Waals surface area contributed by atoms with Crippen molar-refractivity contribution in [1.29, 1.82) is 0 Å². The standard InChI is InChI=1S/C7H8N2O/c8-9-5-4-7-3-1-2-6-10-7/h1-6H,8H2. The summed E-state index contributed by atoms with van der Waals surface area (Å²) in [5.41, 5.74) is 0. The van der Waals surface area contributed by atoms with Crippen LogP contribution in [0.2, 0.25) is 0 Å². The second kappa shape index (κ2) is 3.50. The van der Waals surface area contributed by atoms with Gasteiger partial charge in [-0.3, -0.25) is 0 Å². The molecule has 0 aliphatic carbocycles. The molecule has 0 saturated heterocycles. The Balaban J connectivity index is 2.58. The molecule has 0 aromatic heterocycles. The van der Waals surface area contributed by atoms with Crippen molar-refractivity contribution in [3.8, 4) is 0 Å². The van der Waals surface area contributed by atoms with E-state index in [4.69, 9.17) is 10.6 Å². The Kier molecular flexibility index (Phi) is 2.31. The van der Waals surface area contributed by atoms with E-state index in [-0.39, 0.29) is 0 Å². The average molecular weight is 136 g/mol. The summed E-state index contributed by atoms with van der Waals surface area (Å²) in [6.07, 6.45) is 10.2. The number of allylic oxidation sites excluding steroid dienone is 4. The minimum absolute atomic E-state index is 0.733. The summed E-state index contributed by atoms with van der Waals surface area (Å²) < 4.78 is 5.03. The molecule has 2 N–H and O–H groups in total. The van der Waals surface area contributed by atoms with Crippen LogP contribution in [0.3, 0.4) is 0 Å². The summed E-state index contributed by atoms with van der Waals surface area (Å²) in [7, 11) is 0. The van der Waals surface area contributed by atoms with E-state index in [9.17, 15) is 0 Å². The minimum Gasteiger partial charge on any atom is -0.465 e. The first-order valence-corrected chi connectivity index (χ1v) is 2.87. The monoisotopic (exact) mass is 136 g/mol. The first-order chi connectivity index (χ1) is 4.93. The largest absolute Gasteiger partial charge is 0.465 e. The van der Waals surface area contributed by atoms with E-state index in [1.807, 2.05) is 12.2 Å². The summed E-state index contributed by atoms with van der Waals surface area (Å²) in [6.45, 7) is 0. The van der Waals surface area contributed by atoms with Crippen molar-refractivity contribution in [2.75, 3.05) is 0 Å². The van der Waals surface area contributed by atoms with Gasteiger partial charge >= 0.3 is 0 Å². The Morgan fingerprint density at radius 2 is 2.40 bits per heavy atom. The average Bonchev–Trinajstić information content (AvgIpc) is 2.03. The van der Waals surface area contributed by atoms with Gasteiger partial charge in [-0.25, -0.2) is 0 Å². The van der Waals surface area contributed by atoms with Gasteiger partial charge in [0.1, 0.15) is 5.76 Å². The van der Waals surface area contributed by atoms with Crippen LogP contribution in [-0.4, -0.2) is 6.21 Å². The summed E-state index contributed by atoms with van der Waals surface area (Å²) >= 11 is 0. The molecular formula is C7H8N2O. The number of nitrogens with zero attached hydrogens (tertiary/aromatic N) is 1. The van der Waals surface area contributed by atoms with Crippen LogP contribution in [0.5, 0.6) is 0 Å². The van der Waals surface area contributed by atoms with Crippen molar-refractivity contribution in [2.24, 2.45) is 10.9 Å². The molecule has 0 radical (unpaired) electrons. The van der Waals surface area contributed by atoms with E-state index in [2.05, 4.69) is 5.10 Å². The predicted molar refractivity (Wildman–Crippen MR) is 40.1 cm³/mol. The van der Waals surface area contributed by atoms with E-state index in [1.165, 1.54) is 6.21 Å². The molecule has 0 aromatic carbocycles. The highest BCUT2D eigenvalue weighted by Crippen LogP contribution is 2.04. The first-order valence-electron chi connectivity index (χ1n) is 2.87. The third-order valence-electron chi connectivity index (χ3n) is 0.979. The highest BCUT2D eigenvalue weighted by atomic mass is 16.5. The number of ether oxygens (including phenoxy) is 1. The van der Waals surface area contributed by atoms with Gasteiger partial charge in [-0.05, 0) is 12.2 Å². The Bertz CT molecular complexity index is 214. The third-order valence-corrected chi connectivity index (χ3v) is 0.979. The normalized spacial score (nSPS) is 20.2. The van der Waals surface area contributed by atoms with Crippen LogP contribution in [0.1, 0.15) is 0 Å². The van der Waals surface area contributed by atoms with E-state index in [0.717, 1.165) is 5.76 Å². The molecule has 0 spiro atoms. The lowest BCUT2D eigenvalue weighted by Crippen LogP contribution is -1.86. The minimum atomic E-state index is 0.733. The fraction of sp³-hybridized carbons (Fsp3) is 0. The van der Waals surface area contributed by atoms with Crippen LogP contribution < -0.4 is 5.84 Å². The summed E-state index contributed by atoms with van der Waals surface area (Å²) in [6, 6.07) is 0. The smallest absolute Gasteiger partial charge is 0.128 e. The quantitative estimate of drug-likeness (QED) is 0.331. The summed E-state index contributed by atoms with van der Waals surface area (Å²) in [5, 5.41) is 3.29. The number of nitrogens with two attached hydrogens (primary N) is 1. The predicted octanol–water partition coefficient (Wildman–Crippen LogP) is 0.915. The van der Waals surface area contributed by atoms with Crippen LogP contribution in [0.4, 0.5) is 0 Å². The maximum atomic E-state index is 5.03. The van der Waals surface area contributed by atoms with Crippen molar-refractivity contribution >= 4 is 6.21 Å². The van der Waals surface area contributed by atoms with E-state index < -0.39 is 0 Å². The van der Waals surface area contributed by atoms with Gasteiger partial charge in [0, 0.05) is 6.08 Å². The maximum absolute atomic E-state index is 5.03. The second-order valence-electron chi connectivity index (χ2n) is 1.67. The maximum Gasteiger partial charge on any atom is 0.128 e. The molecular weight excluding hydrogens is 128 g/mol. The number of hydrazone groups is 1. The van der Waals surface area contributed by atoms with Crippen LogP contribution in [0, 0.1) is 0 Å². The van der Waals surface area contributed by atoms with Gasteiger partial charge in [0.25, 0.3) is 0 Å². The molecule has 1 rings (SSSR count). The molecule has 0 saturated carbocycles. The molecule has 0 aromatic rings. The molecule has 0 fully saturated rings. The van der Waals surface area contributed by atoms with Crippen molar-refractivity contribution in [1.82, 2.24) is 0 Å². The lowest BCUT2D eigenvalue weighted by atomic mass is 10.3. The third kappa shape index (κ3) is 1.78. The Morgan fingerprint density at radius 1 is 1.50 bits per heavy atom. The number of hydrogen-bond donors (Lipinski definition) is 1. The zero-order valence-corrected chi connectivity index (χ0v) is 5.40. The molecule has 1 aliphatic heterocycles. The van der Waals surface area contributed by atoms with Gasteiger partial charge in [0.2, 0.25) is 0 Å². The summed E-state index contributed by atoms with van der Waals surface area (Å²) in [4.78, 5) is 0. The van der Waals surface area contributed by atoms with Crippen LogP contribution in [0.25, 0.3) is 0 Å². The molecule has 3 heteroatoms. The molecule has 0 amide bonds. The molecule has 52 valence electrons. The van der Waals surface area contributed by atoms with Crippen molar-refractivity contribution in [3.05, 3.63) is 36.3 Å². The molecule has 3 nitrogen and oxygen atoms in total. The second-order valence-corrected chi connectivity index (χ2v) is 1.67. The highest BCUT2D eigenvalue weighted by Gasteiger charge is 1.90. The molecule has 0 unspecified atom stereocenters. The van der Waals surface area contributed by atoms with Crippen LogP contribution in [0.15, 0.2) is 41.4 Å². The van der Waals surface area contributed by atoms with E-state index in [1.54, 1.807) is 18.4 Å². The Labute approximate surface area is 59.2 Å². The van der Waals surface area contributed by atoms with E-state index in [0.29, 0.717) is 0 Å².